The van der Waals surface area contributed by atoms with Crippen LogP contribution in [0, 0.1) is 0 Å². The molecule has 0 bridgehead atoms. The van der Waals surface area contributed by atoms with Crippen molar-refractivity contribution in [1.29, 1.82) is 0 Å². The first-order valence-corrected chi connectivity index (χ1v) is 6.71. The van der Waals surface area contributed by atoms with Crippen molar-refractivity contribution in [2.24, 2.45) is 0 Å². The Morgan fingerprint density at radius 2 is 2.41 bits per heavy atom. The lowest BCUT2D eigenvalue weighted by molar-refractivity contribution is 0.529. The highest BCUT2D eigenvalue weighted by atomic mass is 32.1. The Kier molecular flexibility index (Phi) is 2.82. The number of nitrogens with two attached hydrogens (primary N) is 1. The first-order valence-electron chi connectivity index (χ1n) is 5.83. The Bertz CT molecular complexity index is 507. The molecule has 0 aliphatic heterocycles. The van der Waals surface area contributed by atoms with E-state index in [0.717, 1.165) is 30.1 Å². The van der Waals surface area contributed by atoms with Crippen LogP contribution >= 0.6 is 11.3 Å². The number of nitrogens with zero attached hydrogens (tertiary/aromatic N) is 1. The zero-order valence-electron chi connectivity index (χ0n) is 9.52. The highest BCUT2D eigenvalue weighted by Gasteiger charge is 2.21. The molecule has 0 spiro atoms. The van der Waals surface area contributed by atoms with E-state index in [0.29, 0.717) is 6.04 Å². The molecule has 1 aromatic heterocycles. The van der Waals surface area contributed by atoms with E-state index >= 15 is 0 Å². The molecule has 88 valence electrons. The van der Waals surface area contributed by atoms with E-state index in [9.17, 15) is 0 Å². The van der Waals surface area contributed by atoms with Crippen LogP contribution in [0.3, 0.4) is 0 Å². The average Bonchev–Trinajstić information content (AvgIpc) is 2.94. The monoisotopic (exact) mass is 245 g/mol. The van der Waals surface area contributed by atoms with Gasteiger partial charge < -0.3 is 11.1 Å². The number of aryl methyl sites for hydroxylation is 1. The average molecular weight is 245 g/mol. The van der Waals surface area contributed by atoms with Crippen molar-refractivity contribution < 1.29 is 0 Å². The van der Waals surface area contributed by atoms with E-state index in [4.69, 9.17) is 5.73 Å². The summed E-state index contributed by atoms with van der Waals surface area (Å²) in [5.74, 6) is 0. The second kappa shape index (κ2) is 4.47. The lowest BCUT2D eigenvalue weighted by Crippen LogP contribution is -2.18. The Balaban J connectivity index is 1.71. The lowest BCUT2D eigenvalue weighted by atomic mass is 10.1. The van der Waals surface area contributed by atoms with Crippen LogP contribution in [0.1, 0.15) is 28.6 Å². The second-order valence-corrected chi connectivity index (χ2v) is 5.34. The van der Waals surface area contributed by atoms with Gasteiger partial charge in [-0.25, -0.2) is 4.98 Å². The van der Waals surface area contributed by atoms with Crippen LogP contribution in [0.2, 0.25) is 0 Å². The number of thiazole rings is 1. The first kappa shape index (κ1) is 10.7. The second-order valence-electron chi connectivity index (χ2n) is 4.36. The van der Waals surface area contributed by atoms with E-state index in [1.165, 1.54) is 11.1 Å². The molecule has 4 heteroatoms. The van der Waals surface area contributed by atoms with Crippen molar-refractivity contribution in [1.82, 2.24) is 10.3 Å². The van der Waals surface area contributed by atoms with E-state index in [1.54, 1.807) is 11.3 Å². The zero-order chi connectivity index (χ0) is 11.7. The number of rotatable bonds is 3. The van der Waals surface area contributed by atoms with Gasteiger partial charge in [-0.3, -0.25) is 0 Å². The molecule has 0 saturated heterocycles. The number of hydrogen-bond acceptors (Lipinski definition) is 4. The normalized spacial score (nSPS) is 18.2. The molecular weight excluding hydrogens is 230 g/mol. The summed E-state index contributed by atoms with van der Waals surface area (Å²) < 4.78 is 0. The molecule has 1 aliphatic rings. The SMILES string of the molecule is Nc1ccc2c(c1)CCC2NCc1nccs1. The Labute approximate surface area is 105 Å². The molecule has 1 aliphatic carbocycles. The number of fused-ring (bicyclic) bond motifs is 1. The predicted octanol–water partition coefficient (Wildman–Crippen LogP) is 2.50. The Hall–Kier alpha value is -1.39. The number of nitrogen functional groups attached to an aromatic ring is 1. The molecule has 0 amide bonds. The van der Waals surface area contributed by atoms with Gasteiger partial charge in [0.1, 0.15) is 5.01 Å². The van der Waals surface area contributed by atoms with Crippen molar-refractivity contribution in [3.8, 4) is 0 Å². The van der Waals surface area contributed by atoms with Crippen LogP contribution in [0.25, 0.3) is 0 Å². The largest absolute Gasteiger partial charge is 0.399 e. The molecule has 1 unspecified atom stereocenters. The Morgan fingerprint density at radius 1 is 1.47 bits per heavy atom. The number of anilines is 1. The van der Waals surface area contributed by atoms with Crippen LogP contribution in [0.5, 0.6) is 0 Å². The van der Waals surface area contributed by atoms with Crippen LogP contribution < -0.4 is 11.1 Å². The number of hydrogen-bond donors (Lipinski definition) is 2. The van der Waals surface area contributed by atoms with Crippen LogP contribution in [0.15, 0.2) is 29.8 Å². The molecule has 1 atom stereocenters. The summed E-state index contributed by atoms with van der Waals surface area (Å²) in [6.45, 7) is 0.853. The van der Waals surface area contributed by atoms with Gasteiger partial charge in [0.15, 0.2) is 0 Å². The van der Waals surface area contributed by atoms with E-state index in [-0.39, 0.29) is 0 Å². The number of aromatic nitrogens is 1. The maximum atomic E-state index is 5.80. The summed E-state index contributed by atoms with van der Waals surface area (Å²) in [6, 6.07) is 6.69. The van der Waals surface area contributed by atoms with Crippen molar-refractivity contribution >= 4 is 17.0 Å². The van der Waals surface area contributed by atoms with E-state index < -0.39 is 0 Å². The number of benzene rings is 1. The molecule has 3 N–H and O–H groups in total. The van der Waals surface area contributed by atoms with Gasteiger partial charge in [0, 0.05) is 29.9 Å². The summed E-state index contributed by atoms with van der Waals surface area (Å²) in [6.07, 6.45) is 4.13. The predicted molar refractivity (Wildman–Crippen MR) is 70.9 cm³/mol. The fourth-order valence-corrected chi connectivity index (χ4v) is 2.97. The van der Waals surface area contributed by atoms with Crippen LogP contribution in [0.4, 0.5) is 5.69 Å². The topological polar surface area (TPSA) is 50.9 Å². The zero-order valence-corrected chi connectivity index (χ0v) is 10.3. The molecule has 3 rings (SSSR count). The molecule has 0 saturated carbocycles. The highest BCUT2D eigenvalue weighted by molar-refractivity contribution is 7.09. The minimum atomic E-state index is 0.453. The molecular formula is C13H15N3S. The van der Waals surface area contributed by atoms with Gasteiger partial charge in [-0.15, -0.1) is 11.3 Å². The molecule has 1 aromatic carbocycles. The van der Waals surface area contributed by atoms with E-state index in [2.05, 4.69) is 22.4 Å². The van der Waals surface area contributed by atoms with Crippen LogP contribution in [-0.4, -0.2) is 4.98 Å². The third-order valence-corrected chi connectivity index (χ3v) is 4.01. The van der Waals surface area contributed by atoms with Gasteiger partial charge in [-0.2, -0.15) is 0 Å². The summed E-state index contributed by atoms with van der Waals surface area (Å²) in [5, 5.41) is 6.73. The maximum Gasteiger partial charge on any atom is 0.106 e. The molecule has 1 heterocycles. The molecule has 2 aromatic rings. The van der Waals surface area contributed by atoms with Gasteiger partial charge in [-0.1, -0.05) is 6.07 Å². The van der Waals surface area contributed by atoms with Gasteiger partial charge in [-0.05, 0) is 36.1 Å². The third-order valence-electron chi connectivity index (χ3n) is 3.23. The smallest absolute Gasteiger partial charge is 0.106 e. The fourth-order valence-electron chi connectivity index (χ4n) is 2.40. The highest BCUT2D eigenvalue weighted by Crippen LogP contribution is 2.32. The van der Waals surface area contributed by atoms with E-state index in [1.807, 2.05) is 17.6 Å². The third kappa shape index (κ3) is 2.18. The van der Waals surface area contributed by atoms with Crippen molar-refractivity contribution in [3.63, 3.8) is 0 Å². The standard InChI is InChI=1S/C13H15N3S/c14-10-2-3-11-9(7-10)1-4-12(11)16-8-13-15-5-6-17-13/h2-3,5-7,12,16H,1,4,8,14H2. The minimum Gasteiger partial charge on any atom is -0.399 e. The van der Waals surface area contributed by atoms with Gasteiger partial charge in [0.2, 0.25) is 0 Å². The number of nitrogens with one attached hydrogen (secondary N) is 1. The lowest BCUT2D eigenvalue weighted by Gasteiger charge is -2.13. The van der Waals surface area contributed by atoms with Crippen molar-refractivity contribution in [2.75, 3.05) is 5.73 Å². The molecule has 0 radical (unpaired) electrons. The van der Waals surface area contributed by atoms with Gasteiger partial charge in [0.05, 0.1) is 0 Å². The fraction of sp³-hybridized carbons (Fsp3) is 0.308. The maximum absolute atomic E-state index is 5.80. The quantitative estimate of drug-likeness (QED) is 0.817. The molecule has 3 nitrogen and oxygen atoms in total. The summed E-state index contributed by atoms with van der Waals surface area (Å²) in [5.41, 5.74) is 9.45. The Morgan fingerprint density at radius 3 is 3.24 bits per heavy atom. The summed E-state index contributed by atoms with van der Waals surface area (Å²) in [7, 11) is 0. The van der Waals surface area contributed by atoms with Crippen molar-refractivity contribution in [2.45, 2.75) is 25.4 Å². The van der Waals surface area contributed by atoms with Gasteiger partial charge >= 0.3 is 0 Å². The minimum absolute atomic E-state index is 0.453. The van der Waals surface area contributed by atoms with Crippen molar-refractivity contribution in [3.05, 3.63) is 45.9 Å². The summed E-state index contributed by atoms with van der Waals surface area (Å²) in [4.78, 5) is 4.28. The summed E-state index contributed by atoms with van der Waals surface area (Å²) >= 11 is 1.70. The van der Waals surface area contributed by atoms with Crippen LogP contribution in [-0.2, 0) is 13.0 Å². The first-order chi connectivity index (χ1) is 8.33. The van der Waals surface area contributed by atoms with Gasteiger partial charge in [0.25, 0.3) is 0 Å². The molecule has 17 heavy (non-hydrogen) atoms. The molecule has 0 fully saturated rings.